The van der Waals surface area contributed by atoms with Crippen molar-refractivity contribution in [2.45, 2.75) is 38.8 Å². The van der Waals surface area contributed by atoms with E-state index in [0.29, 0.717) is 12.6 Å². The van der Waals surface area contributed by atoms with Gasteiger partial charge in [0.25, 0.3) is 0 Å². The number of nitrogens with zero attached hydrogens (tertiary/aromatic N) is 1. The van der Waals surface area contributed by atoms with E-state index in [4.69, 9.17) is 9.47 Å². The number of benzene rings is 1. The minimum absolute atomic E-state index is 0.0319. The van der Waals surface area contributed by atoms with Gasteiger partial charge in [0.05, 0.1) is 26.8 Å². The molecule has 5 nitrogen and oxygen atoms in total. The molecule has 1 aromatic heterocycles. The van der Waals surface area contributed by atoms with E-state index in [0.717, 1.165) is 36.4 Å². The van der Waals surface area contributed by atoms with Crippen LogP contribution in [0, 0.1) is 0 Å². The molecular formula is C21H28N2O3S. The average molecular weight is 389 g/mol. The van der Waals surface area contributed by atoms with E-state index in [-0.39, 0.29) is 11.9 Å². The monoisotopic (exact) mass is 388 g/mol. The van der Waals surface area contributed by atoms with Crippen molar-refractivity contribution in [1.29, 1.82) is 0 Å². The first-order chi connectivity index (χ1) is 13.1. The fourth-order valence-corrected chi connectivity index (χ4v) is 4.77. The van der Waals surface area contributed by atoms with E-state index >= 15 is 0 Å². The normalized spacial score (nSPS) is 17.9. The number of hydrogen-bond donors (Lipinski definition) is 1. The maximum atomic E-state index is 12.7. The van der Waals surface area contributed by atoms with Crippen LogP contribution in [0.5, 0.6) is 11.5 Å². The highest BCUT2D eigenvalue weighted by molar-refractivity contribution is 7.10. The highest BCUT2D eigenvalue weighted by Gasteiger charge is 2.28. The predicted octanol–water partition coefficient (Wildman–Crippen LogP) is 3.95. The highest BCUT2D eigenvalue weighted by atomic mass is 32.1. The van der Waals surface area contributed by atoms with Crippen LogP contribution >= 0.6 is 11.3 Å². The third-order valence-electron chi connectivity index (χ3n) is 5.22. The molecule has 0 fully saturated rings. The Bertz CT molecular complexity index is 789. The molecule has 0 unspecified atom stereocenters. The van der Waals surface area contributed by atoms with E-state index in [9.17, 15) is 4.79 Å². The second-order valence-corrected chi connectivity index (χ2v) is 7.84. The maximum Gasteiger partial charge on any atom is 0.234 e. The summed E-state index contributed by atoms with van der Waals surface area (Å²) < 4.78 is 10.8. The smallest absolute Gasteiger partial charge is 0.234 e. The number of methoxy groups -OCH3 is 2. The van der Waals surface area contributed by atoms with Crippen molar-refractivity contribution >= 4 is 17.2 Å². The van der Waals surface area contributed by atoms with Gasteiger partial charge in [-0.15, -0.1) is 11.3 Å². The molecule has 0 saturated heterocycles. The number of fused-ring (bicyclic) bond motifs is 1. The van der Waals surface area contributed by atoms with Crippen molar-refractivity contribution in [3.05, 3.63) is 45.6 Å². The summed E-state index contributed by atoms with van der Waals surface area (Å²) in [5.41, 5.74) is 2.31. The lowest BCUT2D eigenvalue weighted by atomic mass is 9.98. The topological polar surface area (TPSA) is 50.8 Å². The predicted molar refractivity (Wildman–Crippen MR) is 109 cm³/mol. The lowest BCUT2D eigenvalue weighted by Crippen LogP contribution is -2.42. The van der Waals surface area contributed by atoms with Crippen LogP contribution in [-0.4, -0.2) is 38.1 Å². The molecule has 1 amide bonds. The van der Waals surface area contributed by atoms with Crippen molar-refractivity contribution in [2.75, 3.05) is 27.3 Å². The number of carbonyl (C=O) groups is 1. The fourth-order valence-electron chi connectivity index (χ4n) is 3.84. The summed E-state index contributed by atoms with van der Waals surface area (Å²) in [6, 6.07) is 8.01. The Hall–Kier alpha value is -2.05. The number of thiophene rings is 1. The summed E-state index contributed by atoms with van der Waals surface area (Å²) in [7, 11) is 3.27. The molecule has 1 N–H and O–H groups in total. The van der Waals surface area contributed by atoms with Gasteiger partial charge in [0.15, 0.2) is 0 Å². The number of nitrogens with one attached hydrogen (secondary N) is 1. The van der Waals surface area contributed by atoms with E-state index in [1.54, 1.807) is 14.2 Å². The molecule has 0 spiro atoms. The van der Waals surface area contributed by atoms with Gasteiger partial charge in [0, 0.05) is 23.0 Å². The van der Waals surface area contributed by atoms with Gasteiger partial charge < -0.3 is 14.8 Å². The molecule has 3 rings (SSSR count). The summed E-state index contributed by atoms with van der Waals surface area (Å²) >= 11 is 1.83. The van der Waals surface area contributed by atoms with Crippen molar-refractivity contribution in [3.63, 3.8) is 0 Å². The first kappa shape index (κ1) is 19.7. The van der Waals surface area contributed by atoms with Crippen LogP contribution in [0.2, 0.25) is 0 Å². The number of carbonyl (C=O) groups excluding carboxylic acids is 1. The summed E-state index contributed by atoms with van der Waals surface area (Å²) in [5.74, 6) is 1.53. The molecule has 0 bridgehead atoms. The summed E-state index contributed by atoms with van der Waals surface area (Å²) in [4.78, 5) is 16.5. The Morgan fingerprint density at radius 2 is 2.15 bits per heavy atom. The Kier molecular flexibility index (Phi) is 6.39. The van der Waals surface area contributed by atoms with Gasteiger partial charge in [-0.1, -0.05) is 6.92 Å². The van der Waals surface area contributed by atoms with Crippen LogP contribution in [-0.2, 0) is 11.2 Å². The third-order valence-corrected chi connectivity index (χ3v) is 6.22. The molecule has 2 aromatic rings. The lowest BCUT2D eigenvalue weighted by molar-refractivity contribution is -0.123. The van der Waals surface area contributed by atoms with Gasteiger partial charge in [0.1, 0.15) is 11.5 Å². The van der Waals surface area contributed by atoms with Crippen molar-refractivity contribution in [2.24, 2.45) is 0 Å². The summed E-state index contributed by atoms with van der Waals surface area (Å²) in [6.07, 6.45) is 2.03. The number of rotatable bonds is 7. The lowest BCUT2D eigenvalue weighted by Gasteiger charge is -2.35. The Balaban J connectivity index is 1.67. The fraction of sp³-hybridized carbons (Fsp3) is 0.476. The van der Waals surface area contributed by atoms with Crippen LogP contribution in [0.15, 0.2) is 29.6 Å². The molecule has 146 valence electrons. The van der Waals surface area contributed by atoms with Crippen LogP contribution in [0.3, 0.4) is 0 Å². The molecule has 0 aliphatic carbocycles. The molecule has 0 saturated carbocycles. The molecular weight excluding hydrogens is 360 g/mol. The standard InChI is InChI=1S/C21H28N2O3S/c1-5-18-16-9-11-27-20(16)8-10-23(18)13-21(24)22-14(2)17-12-15(25-3)6-7-19(17)26-4/h6-7,9,11-12,14,18H,5,8,10,13H2,1-4H3,(H,22,24)/t14-,18-/m1/s1. The molecule has 1 aliphatic rings. The zero-order valence-electron chi connectivity index (χ0n) is 16.5. The van der Waals surface area contributed by atoms with Crippen molar-refractivity contribution < 1.29 is 14.3 Å². The van der Waals surface area contributed by atoms with E-state index in [1.165, 1.54) is 10.4 Å². The van der Waals surface area contributed by atoms with E-state index in [1.807, 2.05) is 36.5 Å². The largest absolute Gasteiger partial charge is 0.497 e. The second-order valence-electron chi connectivity index (χ2n) is 6.84. The number of amides is 1. The quantitative estimate of drug-likeness (QED) is 0.780. The first-order valence-corrected chi connectivity index (χ1v) is 10.3. The molecule has 27 heavy (non-hydrogen) atoms. The molecule has 2 heterocycles. The Morgan fingerprint density at radius 1 is 1.33 bits per heavy atom. The van der Waals surface area contributed by atoms with Gasteiger partial charge in [-0.25, -0.2) is 0 Å². The molecule has 0 radical (unpaired) electrons. The maximum absolute atomic E-state index is 12.7. The van der Waals surface area contributed by atoms with Crippen LogP contribution in [0.1, 0.15) is 48.4 Å². The third kappa shape index (κ3) is 4.28. The van der Waals surface area contributed by atoms with Gasteiger partial charge in [-0.3, -0.25) is 9.69 Å². The molecule has 2 atom stereocenters. The SMILES string of the molecule is CC[C@@H]1c2ccsc2CCN1CC(=O)N[C@H](C)c1cc(OC)ccc1OC. The molecule has 6 heteroatoms. The zero-order chi connectivity index (χ0) is 19.4. The highest BCUT2D eigenvalue weighted by Crippen LogP contribution is 2.35. The van der Waals surface area contributed by atoms with Gasteiger partial charge in [0.2, 0.25) is 5.91 Å². The summed E-state index contributed by atoms with van der Waals surface area (Å²) in [6.45, 7) is 5.49. The van der Waals surface area contributed by atoms with Crippen LogP contribution in [0.4, 0.5) is 0 Å². The Labute approximate surface area is 165 Å². The first-order valence-electron chi connectivity index (χ1n) is 9.39. The number of ether oxygens (including phenoxy) is 2. The van der Waals surface area contributed by atoms with Crippen molar-refractivity contribution in [3.8, 4) is 11.5 Å². The van der Waals surface area contributed by atoms with Gasteiger partial charge in [-0.05, 0) is 55.0 Å². The van der Waals surface area contributed by atoms with E-state index < -0.39 is 0 Å². The van der Waals surface area contributed by atoms with Crippen molar-refractivity contribution in [1.82, 2.24) is 10.2 Å². The van der Waals surface area contributed by atoms with E-state index in [2.05, 4.69) is 28.6 Å². The van der Waals surface area contributed by atoms with Crippen LogP contribution in [0.25, 0.3) is 0 Å². The van der Waals surface area contributed by atoms with Gasteiger partial charge >= 0.3 is 0 Å². The number of hydrogen-bond acceptors (Lipinski definition) is 5. The summed E-state index contributed by atoms with van der Waals surface area (Å²) in [5, 5.41) is 5.28. The molecule has 1 aliphatic heterocycles. The molecule has 1 aromatic carbocycles. The minimum atomic E-state index is -0.163. The van der Waals surface area contributed by atoms with Crippen LogP contribution < -0.4 is 14.8 Å². The Morgan fingerprint density at radius 3 is 2.85 bits per heavy atom. The zero-order valence-corrected chi connectivity index (χ0v) is 17.3. The second kappa shape index (κ2) is 8.76. The average Bonchev–Trinajstić information content (AvgIpc) is 3.15. The van der Waals surface area contributed by atoms with Gasteiger partial charge in [-0.2, -0.15) is 0 Å². The minimum Gasteiger partial charge on any atom is -0.497 e.